The van der Waals surface area contributed by atoms with E-state index in [-0.39, 0.29) is 11.8 Å². The van der Waals surface area contributed by atoms with E-state index in [9.17, 15) is 9.59 Å². The highest BCUT2D eigenvalue weighted by Crippen LogP contribution is 2.19. The Morgan fingerprint density at radius 3 is 2.65 bits per heavy atom. The molecule has 2 fully saturated rings. The minimum atomic E-state index is -0.437. The van der Waals surface area contributed by atoms with Gasteiger partial charge in [-0.3, -0.25) is 14.5 Å². The molecule has 0 spiro atoms. The van der Waals surface area contributed by atoms with Crippen LogP contribution >= 0.6 is 0 Å². The van der Waals surface area contributed by atoms with Crippen LogP contribution in [0.2, 0.25) is 0 Å². The van der Waals surface area contributed by atoms with E-state index in [1.807, 2.05) is 4.90 Å². The molecule has 0 unspecified atom stereocenters. The van der Waals surface area contributed by atoms with Gasteiger partial charge < -0.3 is 19.0 Å². The lowest BCUT2D eigenvalue weighted by Gasteiger charge is -2.39. The van der Waals surface area contributed by atoms with Crippen LogP contribution in [0.15, 0.2) is 16.7 Å². The summed E-state index contributed by atoms with van der Waals surface area (Å²) in [5, 5.41) is 0. The van der Waals surface area contributed by atoms with E-state index in [1.54, 1.807) is 17.9 Å². The number of carbonyl (C=O) groups excluding carboxylic acids is 2. The third kappa shape index (κ3) is 4.27. The number of ether oxygens (including phenoxy) is 1. The number of hydrogen-bond donors (Lipinski definition) is 0. The van der Waals surface area contributed by atoms with Gasteiger partial charge in [0.1, 0.15) is 18.1 Å². The molecule has 7 nitrogen and oxygen atoms in total. The minimum absolute atomic E-state index is 0.0235. The van der Waals surface area contributed by atoms with Crippen molar-refractivity contribution >= 4 is 11.8 Å². The van der Waals surface area contributed by atoms with Crippen molar-refractivity contribution in [3.8, 4) is 0 Å². The van der Waals surface area contributed by atoms with Crippen LogP contribution in [0.4, 0.5) is 0 Å². The van der Waals surface area contributed by atoms with Crippen molar-refractivity contribution < 1.29 is 18.7 Å². The zero-order valence-electron chi connectivity index (χ0n) is 15.9. The Balaban J connectivity index is 1.61. The summed E-state index contributed by atoms with van der Waals surface area (Å²) in [7, 11) is 0. The summed E-state index contributed by atoms with van der Waals surface area (Å²) in [6.07, 6.45) is 1.51. The molecular formula is C19H29N3O4. The number of morpholine rings is 1. The summed E-state index contributed by atoms with van der Waals surface area (Å²) >= 11 is 0. The van der Waals surface area contributed by atoms with E-state index in [0.29, 0.717) is 31.1 Å². The van der Waals surface area contributed by atoms with Crippen LogP contribution in [0.3, 0.4) is 0 Å². The summed E-state index contributed by atoms with van der Waals surface area (Å²) in [6.45, 7) is 11.7. The summed E-state index contributed by atoms with van der Waals surface area (Å²) in [6, 6.07) is 1.36. The van der Waals surface area contributed by atoms with E-state index in [2.05, 4.69) is 18.7 Å². The van der Waals surface area contributed by atoms with Crippen LogP contribution in [0, 0.1) is 5.92 Å². The molecule has 2 aliphatic rings. The number of nitrogens with zero attached hydrogens (tertiary/aromatic N) is 3. The average Bonchev–Trinajstić information content (AvgIpc) is 3.08. The van der Waals surface area contributed by atoms with Gasteiger partial charge in [-0.1, -0.05) is 13.8 Å². The van der Waals surface area contributed by atoms with Gasteiger partial charge in [-0.15, -0.1) is 0 Å². The molecule has 0 radical (unpaired) electrons. The zero-order valence-corrected chi connectivity index (χ0v) is 15.9. The number of rotatable bonds is 5. The molecule has 0 saturated carbocycles. The van der Waals surface area contributed by atoms with Crippen LogP contribution in [0.1, 0.15) is 36.9 Å². The van der Waals surface area contributed by atoms with Crippen molar-refractivity contribution in [1.82, 2.24) is 14.7 Å². The van der Waals surface area contributed by atoms with Crippen molar-refractivity contribution in [2.45, 2.75) is 33.4 Å². The molecule has 0 N–H and O–H groups in total. The third-order valence-electron chi connectivity index (χ3n) is 4.98. The minimum Gasteiger partial charge on any atom is -0.467 e. The molecule has 3 heterocycles. The summed E-state index contributed by atoms with van der Waals surface area (Å²) in [4.78, 5) is 31.2. The van der Waals surface area contributed by atoms with Gasteiger partial charge in [0.15, 0.2) is 0 Å². The fourth-order valence-electron chi connectivity index (χ4n) is 3.55. The third-order valence-corrected chi connectivity index (χ3v) is 4.98. The van der Waals surface area contributed by atoms with Gasteiger partial charge >= 0.3 is 0 Å². The van der Waals surface area contributed by atoms with E-state index < -0.39 is 6.04 Å². The summed E-state index contributed by atoms with van der Waals surface area (Å²) in [5.41, 5.74) is 0.519. The summed E-state index contributed by atoms with van der Waals surface area (Å²) in [5.74, 6) is 1.08. The first-order valence-electron chi connectivity index (χ1n) is 9.43. The Morgan fingerprint density at radius 1 is 1.23 bits per heavy atom. The van der Waals surface area contributed by atoms with Gasteiger partial charge in [0.2, 0.25) is 5.91 Å². The molecule has 1 atom stereocenters. The average molecular weight is 363 g/mol. The fraction of sp³-hybridized carbons (Fsp3) is 0.684. The van der Waals surface area contributed by atoms with E-state index in [1.165, 1.54) is 6.26 Å². The first-order chi connectivity index (χ1) is 12.5. The quantitative estimate of drug-likeness (QED) is 0.792. The maximum Gasteiger partial charge on any atom is 0.257 e. The molecule has 0 aromatic carbocycles. The Hall–Kier alpha value is -1.86. The van der Waals surface area contributed by atoms with E-state index >= 15 is 0 Å². The van der Waals surface area contributed by atoms with Gasteiger partial charge in [-0.25, -0.2) is 0 Å². The molecule has 2 saturated heterocycles. The van der Waals surface area contributed by atoms with Gasteiger partial charge in [0, 0.05) is 32.7 Å². The van der Waals surface area contributed by atoms with Crippen LogP contribution in [0.25, 0.3) is 0 Å². The fourth-order valence-corrected chi connectivity index (χ4v) is 3.55. The van der Waals surface area contributed by atoms with Gasteiger partial charge in [0.25, 0.3) is 5.91 Å². The smallest absolute Gasteiger partial charge is 0.257 e. The van der Waals surface area contributed by atoms with Crippen LogP contribution in [0.5, 0.6) is 0 Å². The van der Waals surface area contributed by atoms with Gasteiger partial charge in [-0.2, -0.15) is 0 Å². The van der Waals surface area contributed by atoms with E-state index in [4.69, 9.17) is 9.15 Å². The standard InChI is InChI=1S/C19H29N3O4/c1-14(2)11-21-4-5-22(15(3)18(21)23)19(24)16-10-17(26-13-16)12-20-6-8-25-9-7-20/h10,13-15H,4-9,11-12H2,1-3H3/t15-/m1/s1. The second kappa shape index (κ2) is 8.22. The maximum absolute atomic E-state index is 12.9. The predicted molar refractivity (Wildman–Crippen MR) is 96.7 cm³/mol. The molecule has 144 valence electrons. The van der Waals surface area contributed by atoms with Crippen molar-refractivity contribution in [2.24, 2.45) is 5.92 Å². The first kappa shape index (κ1) is 18.9. The van der Waals surface area contributed by atoms with Gasteiger partial charge in [0.05, 0.1) is 25.3 Å². The molecule has 26 heavy (non-hydrogen) atoms. The highest BCUT2D eigenvalue weighted by molar-refractivity contribution is 5.98. The molecule has 1 aromatic rings. The molecule has 7 heteroatoms. The second-order valence-corrected chi connectivity index (χ2v) is 7.54. The van der Waals surface area contributed by atoms with E-state index in [0.717, 1.165) is 38.6 Å². The topological polar surface area (TPSA) is 66.2 Å². The molecule has 0 aliphatic carbocycles. The lowest BCUT2D eigenvalue weighted by Crippen LogP contribution is -2.58. The molecule has 2 amide bonds. The van der Waals surface area contributed by atoms with Crippen LogP contribution in [-0.2, 0) is 16.1 Å². The molecular weight excluding hydrogens is 334 g/mol. The number of amides is 2. The number of piperazine rings is 1. The number of furan rings is 1. The SMILES string of the molecule is CC(C)CN1CCN(C(=O)c2coc(CN3CCOCC3)c2)[C@H](C)C1=O. The largest absolute Gasteiger partial charge is 0.467 e. The normalized spacial score (nSPS) is 22.3. The Morgan fingerprint density at radius 2 is 1.96 bits per heavy atom. The monoisotopic (exact) mass is 363 g/mol. The van der Waals surface area contributed by atoms with Crippen molar-refractivity contribution in [2.75, 3.05) is 45.9 Å². The lowest BCUT2D eigenvalue weighted by molar-refractivity contribution is -0.140. The first-order valence-corrected chi connectivity index (χ1v) is 9.43. The zero-order chi connectivity index (χ0) is 18.7. The Labute approximate surface area is 154 Å². The van der Waals surface area contributed by atoms with Crippen LogP contribution < -0.4 is 0 Å². The molecule has 3 rings (SSSR count). The van der Waals surface area contributed by atoms with Crippen molar-refractivity contribution in [1.29, 1.82) is 0 Å². The maximum atomic E-state index is 12.9. The van der Waals surface area contributed by atoms with Crippen molar-refractivity contribution in [3.05, 3.63) is 23.7 Å². The Kier molecular flexibility index (Phi) is 5.98. The molecule has 1 aromatic heterocycles. The highest BCUT2D eigenvalue weighted by atomic mass is 16.5. The predicted octanol–water partition coefficient (Wildman–Crippen LogP) is 1.44. The lowest BCUT2D eigenvalue weighted by atomic mass is 10.1. The second-order valence-electron chi connectivity index (χ2n) is 7.54. The van der Waals surface area contributed by atoms with Crippen molar-refractivity contribution in [3.63, 3.8) is 0 Å². The highest BCUT2D eigenvalue weighted by Gasteiger charge is 2.35. The number of carbonyl (C=O) groups is 2. The van der Waals surface area contributed by atoms with Gasteiger partial charge in [-0.05, 0) is 18.9 Å². The number of hydrogen-bond acceptors (Lipinski definition) is 5. The van der Waals surface area contributed by atoms with Crippen LogP contribution in [-0.4, -0.2) is 78.5 Å². The summed E-state index contributed by atoms with van der Waals surface area (Å²) < 4.78 is 10.9. The molecule has 0 bridgehead atoms. The molecule has 2 aliphatic heterocycles. The Bertz CT molecular complexity index is 636.